The highest BCUT2D eigenvalue weighted by Gasteiger charge is 2.45. The number of hydrogen-bond acceptors (Lipinski definition) is 6. The number of aromatic nitrogens is 2. The average Bonchev–Trinajstić information content (AvgIpc) is 3.06. The third-order valence-corrected chi connectivity index (χ3v) is 6.08. The third kappa shape index (κ3) is 3.96. The van der Waals surface area contributed by atoms with Crippen molar-refractivity contribution in [3.05, 3.63) is 18.5 Å². The zero-order valence-electron chi connectivity index (χ0n) is 15.3. The summed E-state index contributed by atoms with van der Waals surface area (Å²) in [6.07, 6.45) is 9.52. The number of nitrogens with zero attached hydrogens (tertiary/aromatic N) is 4. The van der Waals surface area contributed by atoms with Crippen LogP contribution >= 0.6 is 0 Å². The van der Waals surface area contributed by atoms with Gasteiger partial charge in [0.05, 0.1) is 18.2 Å². The number of piperidine rings is 1. The molecule has 0 aliphatic carbocycles. The number of hydrogen-bond donors (Lipinski definition) is 0. The molecule has 0 N–H and O–H groups in total. The Hall–Kier alpha value is -1.24. The predicted molar refractivity (Wildman–Crippen MR) is 96.7 cm³/mol. The molecular formula is C19H30N4O2. The van der Waals surface area contributed by atoms with E-state index < -0.39 is 0 Å². The maximum absolute atomic E-state index is 6.39. The van der Waals surface area contributed by atoms with E-state index in [-0.39, 0.29) is 5.60 Å². The van der Waals surface area contributed by atoms with E-state index in [1.165, 1.54) is 38.8 Å². The molecule has 4 rings (SSSR count). The lowest BCUT2D eigenvalue weighted by Crippen LogP contribution is -2.50. The summed E-state index contributed by atoms with van der Waals surface area (Å²) in [5, 5.41) is 0. The first kappa shape index (κ1) is 17.2. The Morgan fingerprint density at radius 2 is 2.08 bits per heavy atom. The lowest BCUT2D eigenvalue weighted by molar-refractivity contribution is -0.0580. The zero-order valence-corrected chi connectivity index (χ0v) is 15.3. The molecule has 0 radical (unpaired) electrons. The fraction of sp³-hybridized carbons (Fsp3) is 0.789. The van der Waals surface area contributed by atoms with Gasteiger partial charge in [0.2, 0.25) is 5.95 Å². The molecular weight excluding hydrogens is 316 g/mol. The summed E-state index contributed by atoms with van der Waals surface area (Å²) < 4.78 is 11.9. The highest BCUT2D eigenvalue weighted by Crippen LogP contribution is 2.37. The van der Waals surface area contributed by atoms with E-state index in [4.69, 9.17) is 9.47 Å². The van der Waals surface area contributed by atoms with Crippen LogP contribution in [0.5, 0.6) is 0 Å². The third-order valence-electron chi connectivity index (χ3n) is 6.08. The van der Waals surface area contributed by atoms with Gasteiger partial charge in [-0.1, -0.05) is 0 Å². The Labute approximate surface area is 150 Å². The molecule has 3 aliphatic heterocycles. The van der Waals surface area contributed by atoms with Gasteiger partial charge in [0, 0.05) is 52.2 Å². The molecule has 0 saturated carbocycles. The maximum atomic E-state index is 6.39. The molecule has 25 heavy (non-hydrogen) atoms. The Kier molecular flexibility index (Phi) is 5.20. The molecule has 0 amide bonds. The second-order valence-corrected chi connectivity index (χ2v) is 7.91. The SMILES string of the molecule is CN(c1ncccn1)[C@H]1CO[C@]2(CCCN(CC3CCOCC3)C2)C1. The predicted octanol–water partition coefficient (Wildman–Crippen LogP) is 1.96. The minimum Gasteiger partial charge on any atom is -0.381 e. The molecule has 2 atom stereocenters. The van der Waals surface area contributed by atoms with Crippen LogP contribution in [-0.2, 0) is 9.47 Å². The topological polar surface area (TPSA) is 50.7 Å². The number of rotatable bonds is 4. The average molecular weight is 346 g/mol. The number of likely N-dealkylation sites (N-methyl/N-ethyl adjacent to an activating group) is 1. The maximum Gasteiger partial charge on any atom is 0.225 e. The van der Waals surface area contributed by atoms with Gasteiger partial charge in [0.1, 0.15) is 0 Å². The van der Waals surface area contributed by atoms with Gasteiger partial charge in [-0.3, -0.25) is 0 Å². The van der Waals surface area contributed by atoms with Gasteiger partial charge in [0.25, 0.3) is 0 Å². The van der Waals surface area contributed by atoms with E-state index in [1.807, 2.05) is 6.07 Å². The summed E-state index contributed by atoms with van der Waals surface area (Å²) in [7, 11) is 2.09. The number of likely N-dealkylation sites (tertiary alicyclic amines) is 1. The molecule has 138 valence electrons. The van der Waals surface area contributed by atoms with Crippen LogP contribution < -0.4 is 4.90 Å². The summed E-state index contributed by atoms with van der Waals surface area (Å²) in [5.41, 5.74) is 0.0249. The molecule has 1 aromatic heterocycles. The molecule has 3 aliphatic rings. The summed E-state index contributed by atoms with van der Waals surface area (Å²) in [6.45, 7) is 6.14. The first-order valence-corrected chi connectivity index (χ1v) is 9.68. The van der Waals surface area contributed by atoms with E-state index in [1.54, 1.807) is 12.4 Å². The van der Waals surface area contributed by atoms with Gasteiger partial charge in [-0.15, -0.1) is 0 Å². The molecule has 0 aromatic carbocycles. The normalized spacial score (nSPS) is 31.5. The zero-order chi connectivity index (χ0) is 17.1. The first-order valence-electron chi connectivity index (χ1n) is 9.68. The Bertz CT molecular complexity index is 552. The minimum atomic E-state index is 0.0249. The van der Waals surface area contributed by atoms with Crippen molar-refractivity contribution in [3.8, 4) is 0 Å². The molecule has 4 heterocycles. The fourth-order valence-electron chi connectivity index (χ4n) is 4.63. The second kappa shape index (κ2) is 7.56. The summed E-state index contributed by atoms with van der Waals surface area (Å²) in [6, 6.07) is 2.23. The van der Waals surface area contributed by atoms with Gasteiger partial charge >= 0.3 is 0 Å². The van der Waals surface area contributed by atoms with Crippen LogP contribution in [0.1, 0.15) is 32.1 Å². The monoisotopic (exact) mass is 346 g/mol. The Balaban J connectivity index is 1.35. The van der Waals surface area contributed by atoms with Crippen LogP contribution in [-0.4, -0.2) is 73.0 Å². The van der Waals surface area contributed by atoms with Crippen LogP contribution in [0.25, 0.3) is 0 Å². The van der Waals surface area contributed by atoms with E-state index in [0.29, 0.717) is 6.04 Å². The fourth-order valence-corrected chi connectivity index (χ4v) is 4.63. The van der Waals surface area contributed by atoms with Crippen molar-refractivity contribution in [3.63, 3.8) is 0 Å². The van der Waals surface area contributed by atoms with Crippen LogP contribution in [0.2, 0.25) is 0 Å². The molecule has 3 fully saturated rings. The van der Waals surface area contributed by atoms with Crippen LogP contribution in [0, 0.1) is 5.92 Å². The van der Waals surface area contributed by atoms with Gasteiger partial charge in [-0.2, -0.15) is 0 Å². The highest BCUT2D eigenvalue weighted by molar-refractivity contribution is 5.30. The van der Waals surface area contributed by atoms with E-state index >= 15 is 0 Å². The minimum absolute atomic E-state index is 0.0249. The molecule has 1 spiro atoms. The van der Waals surface area contributed by atoms with Crippen molar-refractivity contribution < 1.29 is 9.47 Å². The molecule has 0 bridgehead atoms. The summed E-state index contributed by atoms with van der Waals surface area (Å²) in [5.74, 6) is 1.59. The molecule has 6 nitrogen and oxygen atoms in total. The molecule has 6 heteroatoms. The van der Waals surface area contributed by atoms with Crippen molar-refractivity contribution in [2.24, 2.45) is 5.92 Å². The van der Waals surface area contributed by atoms with E-state index in [9.17, 15) is 0 Å². The largest absolute Gasteiger partial charge is 0.381 e. The summed E-state index contributed by atoms with van der Waals surface area (Å²) in [4.78, 5) is 13.6. The molecule has 0 unspecified atom stereocenters. The first-order chi connectivity index (χ1) is 12.2. The number of ether oxygens (including phenoxy) is 2. The quantitative estimate of drug-likeness (QED) is 0.831. The van der Waals surface area contributed by atoms with Crippen molar-refractivity contribution in [2.75, 3.05) is 51.4 Å². The Morgan fingerprint density at radius 3 is 2.88 bits per heavy atom. The second-order valence-electron chi connectivity index (χ2n) is 7.91. The smallest absolute Gasteiger partial charge is 0.225 e. The Morgan fingerprint density at radius 1 is 1.28 bits per heavy atom. The van der Waals surface area contributed by atoms with Crippen molar-refractivity contribution in [2.45, 2.75) is 43.7 Å². The van der Waals surface area contributed by atoms with Gasteiger partial charge in [-0.05, 0) is 44.2 Å². The van der Waals surface area contributed by atoms with Crippen LogP contribution in [0.15, 0.2) is 18.5 Å². The lowest BCUT2D eigenvalue weighted by atomic mass is 9.87. The molecule has 1 aromatic rings. The standard InChI is InChI=1S/C19H30N4O2/c1-22(18-20-7-3-8-21-18)17-12-19(25-14-17)6-2-9-23(15-19)13-16-4-10-24-11-5-16/h3,7-8,16-17H,2,4-6,9-15H2,1H3/t17-,19-/m1/s1. The van der Waals surface area contributed by atoms with Gasteiger partial charge < -0.3 is 19.3 Å². The van der Waals surface area contributed by atoms with Crippen molar-refractivity contribution in [1.82, 2.24) is 14.9 Å². The number of anilines is 1. The van der Waals surface area contributed by atoms with Crippen LogP contribution in [0.4, 0.5) is 5.95 Å². The van der Waals surface area contributed by atoms with Gasteiger partial charge in [-0.25, -0.2) is 9.97 Å². The van der Waals surface area contributed by atoms with Crippen LogP contribution in [0.3, 0.4) is 0 Å². The van der Waals surface area contributed by atoms with Crippen molar-refractivity contribution >= 4 is 5.95 Å². The van der Waals surface area contributed by atoms with E-state index in [0.717, 1.165) is 44.7 Å². The summed E-state index contributed by atoms with van der Waals surface area (Å²) >= 11 is 0. The highest BCUT2D eigenvalue weighted by atomic mass is 16.5. The lowest BCUT2D eigenvalue weighted by Gasteiger charge is -2.41. The van der Waals surface area contributed by atoms with E-state index in [2.05, 4.69) is 26.8 Å². The molecule has 3 saturated heterocycles. The van der Waals surface area contributed by atoms with Crippen molar-refractivity contribution in [1.29, 1.82) is 0 Å². The van der Waals surface area contributed by atoms with Gasteiger partial charge in [0.15, 0.2) is 0 Å².